The molecule has 0 spiro atoms. The van der Waals surface area contributed by atoms with Crippen molar-refractivity contribution in [3.05, 3.63) is 169 Å². The largest absolute Gasteiger partial charge is 1.00 e. The molecule has 5 aliphatic carbocycles. The maximum atomic E-state index is 12.3. The van der Waals surface area contributed by atoms with E-state index in [4.69, 9.17) is 126 Å². The zero-order chi connectivity index (χ0) is 65.5. The second-order valence-corrected chi connectivity index (χ2v) is 30.2. The summed E-state index contributed by atoms with van der Waals surface area (Å²) >= 11 is 60.2. The van der Waals surface area contributed by atoms with Gasteiger partial charge in [0.05, 0.1) is 78.5 Å². The van der Waals surface area contributed by atoms with E-state index < -0.39 is 28.2 Å². The third-order valence-electron chi connectivity index (χ3n) is 21.8. The molecule has 8 fully saturated rings. The van der Waals surface area contributed by atoms with Gasteiger partial charge in [0.25, 0.3) is 0 Å². The van der Waals surface area contributed by atoms with E-state index in [9.17, 15) is 29.4 Å². The summed E-state index contributed by atoms with van der Waals surface area (Å²) in [6.07, 6.45) is 21.7. The van der Waals surface area contributed by atoms with Gasteiger partial charge in [-0.15, -0.1) is 0 Å². The fraction of sp³-hybridized carbons (Fsp3) is 0.521. The van der Waals surface area contributed by atoms with E-state index in [1.165, 1.54) is 44.1 Å². The smallest absolute Gasteiger partial charge is 0.870 e. The van der Waals surface area contributed by atoms with Gasteiger partial charge < -0.3 is 36.8 Å². The Morgan fingerprint density at radius 1 is 0.489 bits per heavy atom. The average Bonchev–Trinajstić information content (AvgIpc) is 1.38. The van der Waals surface area contributed by atoms with Gasteiger partial charge in [-0.1, -0.05) is 224 Å². The quantitative estimate of drug-likeness (QED) is 0.0699. The Morgan fingerprint density at radius 3 is 1.35 bits per heavy atom. The number of carboxylic acid groups (broad SMARTS) is 2. The first kappa shape index (κ1) is 81.4. The first-order chi connectivity index (χ1) is 43.5. The van der Waals surface area contributed by atoms with Crippen LogP contribution >= 0.6 is 116 Å². The molecule has 10 atom stereocenters. The number of halogens is 10. The second-order valence-electron chi connectivity index (χ2n) is 26.1. The topological polar surface area (TPSA) is 198 Å². The minimum atomic E-state index is -0.929. The van der Waals surface area contributed by atoms with E-state index in [-0.39, 0.29) is 100 Å². The maximum Gasteiger partial charge on any atom is 1.00 e. The summed E-state index contributed by atoms with van der Waals surface area (Å²) in [5.74, 6) is 0.0714. The molecule has 503 valence electrons. The van der Waals surface area contributed by atoms with Gasteiger partial charge in [-0.3, -0.25) is 19.2 Å². The minimum absolute atomic E-state index is 0. The van der Waals surface area contributed by atoms with Crippen LogP contribution in [0.4, 0.5) is 0 Å². The van der Waals surface area contributed by atoms with Crippen molar-refractivity contribution >= 4 is 148 Å². The van der Waals surface area contributed by atoms with E-state index in [2.05, 4.69) is 29.7 Å². The number of carboxylic acids is 2. The summed E-state index contributed by atoms with van der Waals surface area (Å²) in [4.78, 5) is 48.4. The van der Waals surface area contributed by atoms with E-state index in [0.717, 1.165) is 126 Å². The fourth-order valence-electron chi connectivity index (χ4n) is 16.9. The van der Waals surface area contributed by atoms with Crippen molar-refractivity contribution in [2.24, 2.45) is 35.3 Å². The number of cyclic esters (lactones) is 1. The van der Waals surface area contributed by atoms with Crippen molar-refractivity contribution in [2.45, 2.75) is 169 Å². The Hall–Kier alpha value is -1.54. The number of carbonyl (C=O) groups is 4. The average molecular weight is 1510 g/mol. The van der Waals surface area contributed by atoms with Crippen LogP contribution in [0.15, 0.2) is 91.0 Å². The van der Waals surface area contributed by atoms with Gasteiger partial charge in [0, 0.05) is 32.8 Å². The Morgan fingerprint density at radius 2 is 0.872 bits per heavy atom. The Kier molecular flexibility index (Phi) is 31.1. The van der Waals surface area contributed by atoms with E-state index in [0.29, 0.717) is 93.1 Å². The second kappa shape index (κ2) is 35.9. The molecule has 3 radical (unpaired) electrons. The number of aliphatic carboxylic acids is 2. The van der Waals surface area contributed by atoms with Gasteiger partial charge in [-0.05, 0) is 189 Å². The summed E-state index contributed by atoms with van der Waals surface area (Å²) in [6, 6.07) is 27.7. The molecule has 0 bridgehead atoms. The molecule has 3 unspecified atom stereocenters. The number of esters is 1. The standard InChI is InChI=1S/C15H18Cl2O2.C14H17Cl2NO2.C14H15Cl2NO.C14H17Cl2N.C14H14Cl2O2.B.K.H2O/c1-2-10-5-3-4-8-15(10,14(18)19)11-6-7-12(16)13(17)9-11;15-11-5-4-9(7-12(11)16)14(13(18)19)6-2-1-3-10(14)8-17;15-11-5-4-9(7-12(11)16)14-6-2-1-3-10(14)8-17-13(14)18;15-12-5-4-10(7-13(12)16)14-6-2-1-3-11(14)8-17-9-14;15-11-5-4-9(7-12(11)16)14-6-2-1-3-10(14)8-18-13(14)17;;;/h6-7,9-10H,2-5,8H2,1H3,(H,18,19);4-5,7,10H,1-3,6,8,17H2,(H,18,19);4-5,7,10H,1-3,6,8H2,(H,17,18);4-5,7,11,17H,1-3,6,8-9H2;4-5,7,10H,1-3,6,8H2;;;1H2/q;;;;;;+1;/p-1/t10-,15+;10-,14+;10-,14?;11-,14?;10-,14?;;;/m10000.../s1. The summed E-state index contributed by atoms with van der Waals surface area (Å²) in [5.41, 5.74) is 8.40. The predicted molar refractivity (Wildman–Crippen MR) is 380 cm³/mol. The van der Waals surface area contributed by atoms with Crippen molar-refractivity contribution in [2.75, 3.05) is 32.8 Å². The Labute approximate surface area is 648 Å². The number of nitrogens with two attached hydrogens (primary N) is 1. The van der Waals surface area contributed by atoms with E-state index >= 15 is 0 Å². The van der Waals surface area contributed by atoms with Gasteiger partial charge in [0.2, 0.25) is 5.91 Å². The molecule has 11 nitrogen and oxygen atoms in total. The summed E-state index contributed by atoms with van der Waals surface area (Å²) in [7, 11) is 0. The van der Waals surface area contributed by atoms with Crippen LogP contribution in [-0.4, -0.2) is 80.7 Å². The molecule has 7 N–H and O–H groups in total. The molecule has 5 aromatic carbocycles. The number of amides is 1. The summed E-state index contributed by atoms with van der Waals surface area (Å²) < 4.78 is 5.31. The summed E-state index contributed by atoms with van der Waals surface area (Å²) in [6.45, 7) is 6.01. The van der Waals surface area contributed by atoms with Crippen molar-refractivity contribution < 1.29 is 91.0 Å². The molecule has 13 rings (SSSR count). The first-order valence-corrected chi connectivity index (χ1v) is 35.9. The van der Waals surface area contributed by atoms with Crippen molar-refractivity contribution in [3.8, 4) is 0 Å². The predicted octanol–water partition coefficient (Wildman–Crippen LogP) is 16.4. The van der Waals surface area contributed by atoms with Crippen molar-refractivity contribution in [3.63, 3.8) is 0 Å². The number of rotatable bonds is 9. The number of benzene rings is 5. The van der Waals surface area contributed by atoms with Gasteiger partial charge in [0.15, 0.2) is 0 Å². The molecule has 94 heavy (non-hydrogen) atoms. The third kappa shape index (κ3) is 16.7. The molecule has 1 amide bonds. The van der Waals surface area contributed by atoms with Crippen LogP contribution in [0.25, 0.3) is 0 Å². The Balaban J connectivity index is 0.000000185. The zero-order valence-corrected chi connectivity index (χ0v) is 63.9. The fourth-order valence-corrected chi connectivity index (χ4v) is 18.4. The first-order valence-electron chi connectivity index (χ1n) is 32.2. The van der Waals surface area contributed by atoms with E-state index in [1.54, 1.807) is 42.5 Å². The molecule has 3 heterocycles. The molecule has 5 saturated carbocycles. The molecule has 3 saturated heterocycles. The monoisotopic (exact) mass is 1500 g/mol. The number of fused-ring (bicyclic) bond motifs is 3. The van der Waals surface area contributed by atoms with Crippen LogP contribution < -0.4 is 67.8 Å². The van der Waals surface area contributed by atoms with Crippen LogP contribution in [0, 0.1) is 29.6 Å². The minimum Gasteiger partial charge on any atom is -0.870 e. The number of hydrogen-bond acceptors (Lipinski definition) is 8. The van der Waals surface area contributed by atoms with Crippen molar-refractivity contribution in [1.82, 2.24) is 10.6 Å². The van der Waals surface area contributed by atoms with Gasteiger partial charge >= 0.3 is 69.3 Å². The molecular formula is C71H82BCl10KN3O8. The summed E-state index contributed by atoms with van der Waals surface area (Å²) in [5, 5.41) is 31.4. The van der Waals surface area contributed by atoms with E-state index in [1.807, 2.05) is 36.4 Å². The normalized spacial score (nSPS) is 28.7. The van der Waals surface area contributed by atoms with Crippen molar-refractivity contribution in [1.29, 1.82) is 0 Å². The van der Waals surface area contributed by atoms with Crippen LogP contribution in [0.2, 0.25) is 50.2 Å². The van der Waals surface area contributed by atoms with Crippen LogP contribution in [0.1, 0.15) is 170 Å². The molecule has 8 aliphatic rings. The molecule has 3 aliphatic heterocycles. The molecule has 0 aromatic heterocycles. The third-order valence-corrected chi connectivity index (χ3v) is 25.5. The Bertz CT molecular complexity index is 3290. The molecule has 5 aromatic rings. The SMILES string of the molecule is CC[C@@H]1CCCC[C@@]1(C(=O)O)c1ccc(Cl)c(Cl)c1.Clc1ccc(C23CCCC[C@H]2CNC3)cc1Cl.NC[C@@H]1CCCC[C@@]1(C(=O)O)c1ccc(Cl)c(Cl)c1.O=C1NC[C@@H]2CCCCC12c1ccc(Cl)c(Cl)c1.O=C1OC[C@@H]2CCCCC12c1ccc(Cl)c(Cl)c1.[B].[K+].[OH-]. The van der Waals surface area contributed by atoms with Crippen LogP contribution in [0.5, 0.6) is 0 Å². The zero-order valence-electron chi connectivity index (χ0n) is 53.2. The molecular weight excluding hydrogens is 1430 g/mol. The van der Waals surface area contributed by atoms with Crippen LogP contribution in [-0.2, 0) is 51.0 Å². The van der Waals surface area contributed by atoms with Crippen LogP contribution in [0.3, 0.4) is 0 Å². The van der Waals surface area contributed by atoms with Gasteiger partial charge in [-0.25, -0.2) is 0 Å². The number of hydrogen-bond donors (Lipinski definition) is 5. The maximum absolute atomic E-state index is 12.3. The van der Waals surface area contributed by atoms with Gasteiger partial charge in [0.1, 0.15) is 0 Å². The number of carbonyl (C=O) groups excluding carboxylic acids is 2. The van der Waals surface area contributed by atoms with Gasteiger partial charge in [-0.2, -0.15) is 0 Å². The number of nitrogens with one attached hydrogen (secondary N) is 2. The number of ether oxygens (including phenoxy) is 1. The molecule has 23 heteroatoms.